The van der Waals surface area contributed by atoms with Crippen LogP contribution in [0.15, 0.2) is 16.7 Å². The highest BCUT2D eigenvalue weighted by Crippen LogP contribution is 2.16. The van der Waals surface area contributed by atoms with Crippen molar-refractivity contribution >= 4 is 17.5 Å². The fourth-order valence-corrected chi connectivity index (χ4v) is 1.21. The predicted octanol–water partition coefficient (Wildman–Crippen LogP) is 2.00. The number of halogens is 1. The summed E-state index contributed by atoms with van der Waals surface area (Å²) < 4.78 is 4.86. The number of carbonyl (C=O) groups excluding carboxylic acids is 1. The third-order valence-electron chi connectivity index (χ3n) is 2.75. The Bertz CT molecular complexity index is 372. The lowest BCUT2D eigenvalue weighted by Gasteiger charge is -2.32. The lowest BCUT2D eigenvalue weighted by molar-refractivity contribution is 0.0919. The molecule has 0 spiro atoms. The van der Waals surface area contributed by atoms with Gasteiger partial charge in [0.2, 0.25) is 5.22 Å². The molecule has 0 aliphatic rings. The topological polar surface area (TPSA) is 45.5 Å². The molecule has 0 bridgehead atoms. The molecule has 1 rings (SSSR count). The second kappa shape index (κ2) is 4.89. The molecule has 1 amide bonds. The molecule has 0 unspecified atom stereocenters. The number of nitrogens with one attached hydrogen (secondary N) is 1. The minimum Gasteiger partial charge on any atom is -0.452 e. The van der Waals surface area contributed by atoms with E-state index in [1.807, 2.05) is 32.8 Å². The molecule has 4 nitrogen and oxygen atoms in total. The van der Waals surface area contributed by atoms with Gasteiger partial charge in [-0.3, -0.25) is 4.79 Å². The van der Waals surface area contributed by atoms with Gasteiger partial charge in [-0.25, -0.2) is 0 Å². The van der Waals surface area contributed by atoms with Crippen LogP contribution in [0.5, 0.6) is 0 Å². The maximum absolute atomic E-state index is 11.7. The Labute approximate surface area is 101 Å². The van der Waals surface area contributed by atoms with Gasteiger partial charge in [0.05, 0.1) is 11.8 Å². The molecular weight excluding hydrogens is 228 g/mol. The number of carbonyl (C=O) groups is 1. The Kier molecular flexibility index (Phi) is 3.99. The fourth-order valence-electron chi connectivity index (χ4n) is 1.01. The molecule has 1 aromatic heterocycles. The summed E-state index contributed by atoms with van der Waals surface area (Å²) in [6, 6.07) is 1.56. The third kappa shape index (κ3) is 3.00. The van der Waals surface area contributed by atoms with Crippen molar-refractivity contribution in [3.63, 3.8) is 0 Å². The van der Waals surface area contributed by atoms with Crippen LogP contribution < -0.4 is 5.32 Å². The average Bonchev–Trinajstić information content (AvgIpc) is 2.61. The van der Waals surface area contributed by atoms with E-state index in [0.29, 0.717) is 12.1 Å². The number of nitrogens with zero attached hydrogens (tertiary/aromatic N) is 1. The first-order valence-electron chi connectivity index (χ1n) is 5.03. The Morgan fingerprint density at radius 1 is 1.56 bits per heavy atom. The highest BCUT2D eigenvalue weighted by atomic mass is 35.5. The van der Waals surface area contributed by atoms with E-state index in [2.05, 4.69) is 5.32 Å². The van der Waals surface area contributed by atoms with E-state index in [1.165, 1.54) is 6.26 Å². The molecule has 1 N–H and O–H groups in total. The SMILES string of the molecule is CN(C)C(C)(C)CNC(=O)c1ccoc1Cl. The number of rotatable bonds is 4. The molecule has 1 aromatic rings. The summed E-state index contributed by atoms with van der Waals surface area (Å²) in [5.41, 5.74) is 0.266. The Morgan fingerprint density at radius 2 is 2.19 bits per heavy atom. The maximum Gasteiger partial charge on any atom is 0.256 e. The molecule has 0 radical (unpaired) electrons. The summed E-state index contributed by atoms with van der Waals surface area (Å²) in [5, 5.41) is 2.95. The van der Waals surface area contributed by atoms with Crippen LogP contribution in [-0.2, 0) is 0 Å². The molecule has 0 aliphatic carbocycles. The molecule has 0 atom stereocenters. The van der Waals surface area contributed by atoms with Gasteiger partial charge in [0.1, 0.15) is 0 Å². The second-order valence-electron chi connectivity index (χ2n) is 4.50. The normalized spacial score (nSPS) is 11.9. The first kappa shape index (κ1) is 13.1. The van der Waals surface area contributed by atoms with E-state index in [0.717, 1.165) is 0 Å². The number of furan rings is 1. The predicted molar refractivity (Wildman–Crippen MR) is 63.8 cm³/mol. The van der Waals surface area contributed by atoms with Crippen LogP contribution in [0.4, 0.5) is 0 Å². The van der Waals surface area contributed by atoms with E-state index >= 15 is 0 Å². The molecular formula is C11H17ClN2O2. The van der Waals surface area contributed by atoms with E-state index in [1.54, 1.807) is 6.07 Å². The first-order chi connectivity index (χ1) is 7.34. The molecule has 0 saturated heterocycles. The zero-order valence-corrected chi connectivity index (χ0v) is 10.8. The van der Waals surface area contributed by atoms with E-state index < -0.39 is 0 Å². The number of amides is 1. The molecule has 1 heterocycles. The molecule has 0 aromatic carbocycles. The summed E-state index contributed by atoms with van der Waals surface area (Å²) in [6.07, 6.45) is 1.40. The van der Waals surface area contributed by atoms with Crippen LogP contribution in [0.2, 0.25) is 5.22 Å². The molecule has 16 heavy (non-hydrogen) atoms. The minimum absolute atomic E-state index is 0.105. The quantitative estimate of drug-likeness (QED) is 0.881. The van der Waals surface area contributed by atoms with Gasteiger partial charge in [-0.05, 0) is 45.6 Å². The van der Waals surface area contributed by atoms with Crippen LogP contribution in [-0.4, -0.2) is 37.0 Å². The standard InChI is InChI=1S/C11H17ClN2O2/c1-11(2,14(3)4)7-13-10(15)8-5-6-16-9(8)12/h5-6H,7H2,1-4H3,(H,13,15). The largest absolute Gasteiger partial charge is 0.452 e. The van der Waals surface area contributed by atoms with Crippen molar-refractivity contribution < 1.29 is 9.21 Å². The number of likely N-dealkylation sites (N-methyl/N-ethyl adjacent to an activating group) is 1. The summed E-state index contributed by atoms with van der Waals surface area (Å²) in [5.74, 6) is -0.214. The van der Waals surface area contributed by atoms with Crippen molar-refractivity contribution in [2.45, 2.75) is 19.4 Å². The fraction of sp³-hybridized carbons (Fsp3) is 0.545. The molecule has 90 valence electrons. The van der Waals surface area contributed by atoms with Crippen molar-refractivity contribution in [1.29, 1.82) is 0 Å². The lowest BCUT2D eigenvalue weighted by atomic mass is 10.0. The average molecular weight is 245 g/mol. The van der Waals surface area contributed by atoms with Gasteiger partial charge in [0.15, 0.2) is 0 Å². The second-order valence-corrected chi connectivity index (χ2v) is 4.84. The van der Waals surface area contributed by atoms with Crippen LogP contribution in [0, 0.1) is 0 Å². The van der Waals surface area contributed by atoms with Gasteiger partial charge in [0.25, 0.3) is 5.91 Å². The van der Waals surface area contributed by atoms with Crippen molar-refractivity contribution in [2.24, 2.45) is 0 Å². The van der Waals surface area contributed by atoms with Gasteiger partial charge in [-0.15, -0.1) is 0 Å². The minimum atomic E-state index is -0.214. The smallest absolute Gasteiger partial charge is 0.256 e. The van der Waals surface area contributed by atoms with Crippen LogP contribution in [0.3, 0.4) is 0 Å². The summed E-state index contributed by atoms with van der Waals surface area (Å²) in [7, 11) is 3.94. The number of hydrogen-bond acceptors (Lipinski definition) is 3. The first-order valence-corrected chi connectivity index (χ1v) is 5.41. The zero-order chi connectivity index (χ0) is 12.3. The zero-order valence-electron chi connectivity index (χ0n) is 10.0. The Balaban J connectivity index is 2.58. The van der Waals surface area contributed by atoms with E-state index in [9.17, 15) is 4.79 Å². The van der Waals surface area contributed by atoms with Gasteiger partial charge in [-0.1, -0.05) is 0 Å². The highest BCUT2D eigenvalue weighted by Gasteiger charge is 2.22. The van der Waals surface area contributed by atoms with Crippen molar-refractivity contribution in [3.8, 4) is 0 Å². The van der Waals surface area contributed by atoms with E-state index in [4.69, 9.17) is 16.0 Å². The summed E-state index contributed by atoms with van der Waals surface area (Å²) in [4.78, 5) is 13.8. The molecule has 0 fully saturated rings. The maximum atomic E-state index is 11.7. The molecule has 0 aliphatic heterocycles. The molecule has 0 saturated carbocycles. The van der Waals surface area contributed by atoms with E-state index in [-0.39, 0.29) is 16.7 Å². The van der Waals surface area contributed by atoms with Crippen molar-refractivity contribution in [3.05, 3.63) is 23.1 Å². The van der Waals surface area contributed by atoms with Crippen LogP contribution >= 0.6 is 11.6 Å². The molecule has 5 heteroatoms. The third-order valence-corrected chi connectivity index (χ3v) is 3.05. The van der Waals surface area contributed by atoms with Crippen LogP contribution in [0.1, 0.15) is 24.2 Å². The van der Waals surface area contributed by atoms with Crippen molar-refractivity contribution in [2.75, 3.05) is 20.6 Å². The van der Waals surface area contributed by atoms with Gasteiger partial charge in [0, 0.05) is 12.1 Å². The summed E-state index contributed by atoms with van der Waals surface area (Å²) >= 11 is 5.71. The van der Waals surface area contributed by atoms with Gasteiger partial charge in [-0.2, -0.15) is 0 Å². The van der Waals surface area contributed by atoms with Gasteiger partial charge >= 0.3 is 0 Å². The van der Waals surface area contributed by atoms with Gasteiger partial charge < -0.3 is 14.6 Å². The van der Waals surface area contributed by atoms with Crippen molar-refractivity contribution in [1.82, 2.24) is 10.2 Å². The monoisotopic (exact) mass is 244 g/mol. The number of hydrogen-bond donors (Lipinski definition) is 1. The lowest BCUT2D eigenvalue weighted by Crippen LogP contribution is -2.48. The summed E-state index contributed by atoms with van der Waals surface area (Å²) in [6.45, 7) is 4.63. The van der Waals surface area contributed by atoms with Crippen LogP contribution in [0.25, 0.3) is 0 Å². The Hall–Kier alpha value is -1.00. The Morgan fingerprint density at radius 3 is 2.62 bits per heavy atom. The highest BCUT2D eigenvalue weighted by molar-refractivity contribution is 6.32.